The molecule has 8 heteroatoms. The van der Waals surface area contributed by atoms with Crippen LogP contribution >= 0.6 is 11.6 Å². The number of likely N-dealkylation sites (tertiary alicyclic amines) is 1. The van der Waals surface area contributed by atoms with Gasteiger partial charge in [-0.05, 0) is 70.4 Å². The summed E-state index contributed by atoms with van der Waals surface area (Å²) < 4.78 is 25.8. The van der Waals surface area contributed by atoms with Crippen molar-refractivity contribution in [2.75, 3.05) is 36.7 Å². The number of hydrogen-bond donors (Lipinski definition) is 1. The molecule has 6 nitrogen and oxygen atoms in total. The highest BCUT2D eigenvalue weighted by Crippen LogP contribution is 2.28. The van der Waals surface area contributed by atoms with Gasteiger partial charge in [0.1, 0.15) is 6.04 Å². The van der Waals surface area contributed by atoms with Gasteiger partial charge in [0.2, 0.25) is 15.9 Å². The molecule has 1 aliphatic heterocycles. The molecule has 1 amide bonds. The van der Waals surface area contributed by atoms with Gasteiger partial charge in [-0.2, -0.15) is 0 Å². The van der Waals surface area contributed by atoms with E-state index in [4.69, 9.17) is 11.6 Å². The number of carbonyl (C=O) groups is 1. The van der Waals surface area contributed by atoms with Gasteiger partial charge in [-0.1, -0.05) is 17.7 Å². The van der Waals surface area contributed by atoms with Gasteiger partial charge in [-0.15, -0.1) is 0 Å². The second-order valence-corrected chi connectivity index (χ2v) is 9.15. The Morgan fingerprint density at radius 2 is 2.00 bits per heavy atom. The molecule has 1 aromatic rings. The minimum atomic E-state index is -3.64. The predicted octanol–water partition coefficient (Wildman–Crippen LogP) is 2.41. The summed E-state index contributed by atoms with van der Waals surface area (Å²) in [6.07, 6.45) is 4.44. The van der Waals surface area contributed by atoms with Crippen molar-refractivity contribution in [1.29, 1.82) is 0 Å². The third-order valence-corrected chi connectivity index (χ3v) is 6.11. The number of rotatable bonds is 8. The van der Waals surface area contributed by atoms with Crippen LogP contribution in [-0.2, 0) is 14.8 Å². The maximum absolute atomic E-state index is 12.5. The van der Waals surface area contributed by atoms with Crippen LogP contribution in [0.15, 0.2) is 18.2 Å². The Kier molecular flexibility index (Phi) is 7.32. The first-order valence-corrected chi connectivity index (χ1v) is 11.2. The van der Waals surface area contributed by atoms with E-state index in [-0.39, 0.29) is 5.91 Å². The van der Waals surface area contributed by atoms with Crippen molar-refractivity contribution >= 4 is 33.2 Å². The third kappa shape index (κ3) is 5.59. The van der Waals surface area contributed by atoms with Gasteiger partial charge in [-0.25, -0.2) is 8.42 Å². The molecule has 0 aromatic heterocycles. The molecule has 0 radical (unpaired) electrons. The van der Waals surface area contributed by atoms with Crippen LogP contribution in [0.2, 0.25) is 5.02 Å². The fraction of sp³-hybridized carbons (Fsp3) is 0.611. The number of hydrogen-bond acceptors (Lipinski definition) is 4. The zero-order valence-electron chi connectivity index (χ0n) is 15.7. The first-order chi connectivity index (χ1) is 12.2. The number of carbonyl (C=O) groups excluding carboxylic acids is 1. The van der Waals surface area contributed by atoms with Crippen LogP contribution in [0, 0.1) is 6.92 Å². The maximum atomic E-state index is 12.5. The van der Waals surface area contributed by atoms with Crippen molar-refractivity contribution in [2.45, 2.75) is 39.2 Å². The molecule has 1 unspecified atom stereocenters. The Balaban J connectivity index is 2.02. The van der Waals surface area contributed by atoms with Crippen molar-refractivity contribution in [3.63, 3.8) is 0 Å². The van der Waals surface area contributed by atoms with Crippen molar-refractivity contribution in [1.82, 2.24) is 10.2 Å². The standard InChI is InChI=1S/C18H28ClN3O3S/c1-14-7-8-16(19)13-17(14)22(26(3,24)25)15(2)18(23)20-9-6-12-21-10-4-5-11-21/h7-8,13,15H,4-6,9-12H2,1-3H3,(H,20,23). The Morgan fingerprint density at radius 1 is 1.35 bits per heavy atom. The molecular weight excluding hydrogens is 374 g/mol. The summed E-state index contributed by atoms with van der Waals surface area (Å²) >= 11 is 6.03. The minimum absolute atomic E-state index is 0.309. The molecular formula is C18H28ClN3O3S. The number of amides is 1. The van der Waals surface area contributed by atoms with E-state index < -0.39 is 16.1 Å². The lowest BCUT2D eigenvalue weighted by molar-refractivity contribution is -0.121. The van der Waals surface area contributed by atoms with E-state index in [1.165, 1.54) is 12.8 Å². The van der Waals surface area contributed by atoms with Gasteiger partial charge in [-0.3, -0.25) is 9.10 Å². The van der Waals surface area contributed by atoms with E-state index in [1.54, 1.807) is 32.0 Å². The second-order valence-electron chi connectivity index (χ2n) is 6.86. The molecule has 146 valence electrons. The summed E-state index contributed by atoms with van der Waals surface area (Å²) in [5.74, 6) is -0.309. The largest absolute Gasteiger partial charge is 0.354 e. The lowest BCUT2D eigenvalue weighted by atomic mass is 10.2. The molecule has 0 aliphatic carbocycles. The predicted molar refractivity (Wildman–Crippen MR) is 106 cm³/mol. The van der Waals surface area contributed by atoms with Gasteiger partial charge in [0.05, 0.1) is 11.9 Å². The van der Waals surface area contributed by atoms with Crippen LogP contribution in [0.4, 0.5) is 5.69 Å². The molecule has 1 N–H and O–H groups in total. The monoisotopic (exact) mass is 401 g/mol. The van der Waals surface area contributed by atoms with Crippen molar-refractivity contribution < 1.29 is 13.2 Å². The number of nitrogens with zero attached hydrogens (tertiary/aromatic N) is 2. The fourth-order valence-electron chi connectivity index (χ4n) is 3.27. The number of benzene rings is 1. The highest BCUT2D eigenvalue weighted by atomic mass is 35.5. The Bertz CT molecular complexity index is 733. The topological polar surface area (TPSA) is 69.7 Å². The highest BCUT2D eigenvalue weighted by molar-refractivity contribution is 7.92. The number of anilines is 1. The van der Waals surface area contributed by atoms with Crippen LogP contribution in [0.5, 0.6) is 0 Å². The SMILES string of the molecule is Cc1ccc(Cl)cc1N(C(C)C(=O)NCCCN1CCCC1)S(C)(=O)=O. The zero-order valence-corrected chi connectivity index (χ0v) is 17.2. The Morgan fingerprint density at radius 3 is 2.62 bits per heavy atom. The van der Waals surface area contributed by atoms with Gasteiger partial charge in [0.15, 0.2) is 0 Å². The van der Waals surface area contributed by atoms with E-state index >= 15 is 0 Å². The smallest absolute Gasteiger partial charge is 0.243 e. The quantitative estimate of drug-likeness (QED) is 0.679. The molecule has 0 spiro atoms. The summed E-state index contributed by atoms with van der Waals surface area (Å²) in [5.41, 5.74) is 1.17. The maximum Gasteiger partial charge on any atom is 0.243 e. The van der Waals surface area contributed by atoms with Crippen LogP contribution in [-0.4, -0.2) is 57.7 Å². The lowest BCUT2D eigenvalue weighted by Gasteiger charge is -2.29. The summed E-state index contributed by atoms with van der Waals surface area (Å²) in [6, 6.07) is 4.17. The lowest BCUT2D eigenvalue weighted by Crippen LogP contribution is -2.48. The fourth-order valence-corrected chi connectivity index (χ4v) is 4.66. The van der Waals surface area contributed by atoms with E-state index in [9.17, 15) is 13.2 Å². The summed E-state index contributed by atoms with van der Waals surface area (Å²) in [4.78, 5) is 14.9. The van der Waals surface area contributed by atoms with Crippen molar-refractivity contribution in [3.8, 4) is 0 Å². The molecule has 2 rings (SSSR count). The number of halogens is 1. The molecule has 1 aliphatic rings. The summed E-state index contributed by atoms with van der Waals surface area (Å²) in [6.45, 7) is 7.13. The summed E-state index contributed by atoms with van der Waals surface area (Å²) in [7, 11) is -3.64. The molecule has 1 heterocycles. The van der Waals surface area contributed by atoms with Crippen LogP contribution in [0.25, 0.3) is 0 Å². The average Bonchev–Trinajstić information content (AvgIpc) is 3.07. The normalized spacial score (nSPS) is 16.5. The zero-order chi connectivity index (χ0) is 19.3. The molecule has 26 heavy (non-hydrogen) atoms. The van der Waals surface area contributed by atoms with Gasteiger partial charge >= 0.3 is 0 Å². The van der Waals surface area contributed by atoms with Crippen molar-refractivity contribution in [2.24, 2.45) is 0 Å². The molecule has 0 saturated carbocycles. The van der Waals surface area contributed by atoms with Gasteiger partial charge in [0.25, 0.3) is 0 Å². The van der Waals surface area contributed by atoms with Crippen LogP contribution in [0.1, 0.15) is 31.7 Å². The molecule has 1 atom stereocenters. The molecule has 1 fully saturated rings. The van der Waals surface area contributed by atoms with E-state index in [0.717, 1.165) is 42.2 Å². The van der Waals surface area contributed by atoms with E-state index in [0.29, 0.717) is 17.3 Å². The van der Waals surface area contributed by atoms with E-state index in [2.05, 4.69) is 10.2 Å². The third-order valence-electron chi connectivity index (χ3n) is 4.65. The Hall–Kier alpha value is -1.31. The van der Waals surface area contributed by atoms with Gasteiger partial charge in [0, 0.05) is 11.6 Å². The molecule has 1 aromatic carbocycles. The van der Waals surface area contributed by atoms with E-state index in [1.807, 2.05) is 0 Å². The first kappa shape index (κ1) is 21.0. The molecule has 1 saturated heterocycles. The highest BCUT2D eigenvalue weighted by Gasteiger charge is 2.30. The van der Waals surface area contributed by atoms with Crippen molar-refractivity contribution in [3.05, 3.63) is 28.8 Å². The van der Waals surface area contributed by atoms with Gasteiger partial charge < -0.3 is 10.2 Å². The minimum Gasteiger partial charge on any atom is -0.354 e. The van der Waals surface area contributed by atoms with Crippen LogP contribution < -0.4 is 9.62 Å². The van der Waals surface area contributed by atoms with Crippen LogP contribution in [0.3, 0.4) is 0 Å². The summed E-state index contributed by atoms with van der Waals surface area (Å²) in [5, 5.41) is 3.29. The number of sulfonamides is 1. The number of nitrogens with one attached hydrogen (secondary N) is 1. The second kappa shape index (κ2) is 9.06. The Labute approximate surface area is 161 Å². The molecule has 0 bridgehead atoms. The first-order valence-electron chi connectivity index (χ1n) is 8.96. The average molecular weight is 402 g/mol. The number of aryl methyl sites for hydroxylation is 1.